The Kier molecular flexibility index (Phi) is 5.69. The van der Waals surface area contributed by atoms with E-state index in [2.05, 4.69) is 12.1 Å². The number of rotatable bonds is 6. The maximum atomic E-state index is 5.96. The van der Waals surface area contributed by atoms with Gasteiger partial charge in [0, 0.05) is 19.3 Å². The van der Waals surface area contributed by atoms with E-state index in [1.54, 1.807) is 0 Å². The van der Waals surface area contributed by atoms with Gasteiger partial charge in [0.2, 0.25) is 0 Å². The summed E-state index contributed by atoms with van der Waals surface area (Å²) in [5.74, 6) is 0. The minimum absolute atomic E-state index is 0.0205. The third-order valence-corrected chi connectivity index (χ3v) is 4.68. The summed E-state index contributed by atoms with van der Waals surface area (Å²) in [4.78, 5) is 0. The van der Waals surface area contributed by atoms with Gasteiger partial charge in [0.1, 0.15) is 0 Å². The highest BCUT2D eigenvalue weighted by atomic mass is 28.3. The quantitative estimate of drug-likeness (QED) is 0.759. The largest absolute Gasteiger partial charge is 0.394 e. The van der Waals surface area contributed by atoms with Crippen molar-refractivity contribution in [3.05, 3.63) is 29.8 Å². The highest BCUT2D eigenvalue weighted by Crippen LogP contribution is 2.08. The summed E-state index contributed by atoms with van der Waals surface area (Å²) >= 11 is 0. The summed E-state index contributed by atoms with van der Waals surface area (Å²) in [5, 5.41) is 1.17. The average molecular weight is 239 g/mol. The maximum absolute atomic E-state index is 5.96. The van der Waals surface area contributed by atoms with Gasteiger partial charge < -0.3 is 14.6 Å². The number of benzene rings is 1. The van der Waals surface area contributed by atoms with Gasteiger partial charge in [-0.2, -0.15) is 0 Å². The summed E-state index contributed by atoms with van der Waals surface area (Å²) in [6.45, 7) is 7.34. The van der Waals surface area contributed by atoms with Crippen LogP contribution in [0.1, 0.15) is 32.4 Å². The molecule has 0 aromatic heterocycles. The second kappa shape index (κ2) is 6.80. The Morgan fingerprint density at radius 1 is 1.19 bits per heavy atom. The second-order valence-electron chi connectivity index (χ2n) is 3.66. The molecule has 3 nitrogen and oxygen atoms in total. The Bertz CT molecular complexity index is 312. The van der Waals surface area contributed by atoms with E-state index in [-0.39, 0.29) is 6.04 Å². The van der Waals surface area contributed by atoms with E-state index >= 15 is 0 Å². The van der Waals surface area contributed by atoms with Crippen LogP contribution in [0.2, 0.25) is 0 Å². The Morgan fingerprint density at radius 3 is 2.25 bits per heavy atom. The van der Waals surface area contributed by atoms with Gasteiger partial charge in [0.15, 0.2) is 0 Å². The first-order valence-corrected chi connectivity index (χ1v) is 7.30. The van der Waals surface area contributed by atoms with Crippen LogP contribution in [0, 0.1) is 0 Å². The van der Waals surface area contributed by atoms with Gasteiger partial charge in [0.05, 0.1) is 0 Å². The van der Waals surface area contributed by atoms with Crippen molar-refractivity contribution in [1.29, 1.82) is 0 Å². The van der Waals surface area contributed by atoms with Crippen molar-refractivity contribution in [1.82, 2.24) is 0 Å². The molecule has 0 spiro atoms. The zero-order chi connectivity index (χ0) is 12.0. The van der Waals surface area contributed by atoms with Gasteiger partial charge in [-0.15, -0.1) is 0 Å². The lowest BCUT2D eigenvalue weighted by Gasteiger charge is -2.19. The van der Waals surface area contributed by atoms with Crippen LogP contribution < -0.4 is 10.9 Å². The van der Waals surface area contributed by atoms with Gasteiger partial charge in [-0.3, -0.25) is 0 Å². The first-order valence-electron chi connectivity index (χ1n) is 5.78. The summed E-state index contributed by atoms with van der Waals surface area (Å²) in [5.41, 5.74) is 7.10. The fourth-order valence-corrected chi connectivity index (χ4v) is 3.63. The van der Waals surface area contributed by atoms with Crippen LogP contribution in [0.15, 0.2) is 24.3 Å². The molecule has 0 aliphatic heterocycles. The highest BCUT2D eigenvalue weighted by Gasteiger charge is 2.20. The molecule has 0 heterocycles. The van der Waals surface area contributed by atoms with Gasteiger partial charge >= 0.3 is 9.28 Å². The third-order valence-electron chi connectivity index (χ3n) is 2.38. The molecule has 0 aliphatic carbocycles. The fraction of sp³-hybridized carbons (Fsp3) is 0.500. The summed E-state index contributed by atoms with van der Waals surface area (Å²) < 4.78 is 11.4. The lowest BCUT2D eigenvalue weighted by molar-refractivity contribution is 0.225. The molecule has 1 aromatic carbocycles. The van der Waals surface area contributed by atoms with Gasteiger partial charge in [-0.1, -0.05) is 24.3 Å². The van der Waals surface area contributed by atoms with E-state index in [4.69, 9.17) is 14.6 Å². The lowest BCUT2D eigenvalue weighted by atomic mass is 10.1. The highest BCUT2D eigenvalue weighted by molar-refractivity contribution is 6.61. The first-order chi connectivity index (χ1) is 7.70. The van der Waals surface area contributed by atoms with Crippen LogP contribution in [0.5, 0.6) is 0 Å². The molecule has 0 fully saturated rings. The van der Waals surface area contributed by atoms with Gasteiger partial charge in [-0.05, 0) is 31.5 Å². The monoisotopic (exact) mass is 239 g/mol. The second-order valence-corrected chi connectivity index (χ2v) is 5.61. The smallest absolute Gasteiger partial charge is 0.356 e. The van der Waals surface area contributed by atoms with Crippen LogP contribution in [0.25, 0.3) is 0 Å². The summed E-state index contributed by atoms with van der Waals surface area (Å²) in [7, 11) is -1.77. The molecular weight excluding hydrogens is 218 g/mol. The zero-order valence-electron chi connectivity index (χ0n) is 10.3. The van der Waals surface area contributed by atoms with Crippen molar-refractivity contribution in [2.75, 3.05) is 13.2 Å². The van der Waals surface area contributed by atoms with E-state index < -0.39 is 9.28 Å². The molecular formula is C12H21NO2Si. The molecule has 4 heteroatoms. The van der Waals surface area contributed by atoms with Crippen LogP contribution in [-0.4, -0.2) is 22.5 Å². The van der Waals surface area contributed by atoms with E-state index in [0.29, 0.717) is 13.2 Å². The van der Waals surface area contributed by atoms with Crippen molar-refractivity contribution >= 4 is 14.5 Å². The van der Waals surface area contributed by atoms with Crippen LogP contribution in [-0.2, 0) is 8.85 Å². The average Bonchev–Trinajstić information content (AvgIpc) is 2.29. The van der Waals surface area contributed by atoms with Crippen molar-refractivity contribution in [3.8, 4) is 0 Å². The predicted octanol–water partition coefficient (Wildman–Crippen LogP) is 1.21. The molecule has 0 amide bonds. The number of hydrogen-bond acceptors (Lipinski definition) is 3. The Morgan fingerprint density at radius 2 is 1.75 bits per heavy atom. The minimum atomic E-state index is -1.77. The maximum Gasteiger partial charge on any atom is 0.356 e. The molecule has 0 saturated heterocycles. The predicted molar refractivity (Wildman–Crippen MR) is 69.1 cm³/mol. The van der Waals surface area contributed by atoms with Crippen LogP contribution in [0.4, 0.5) is 0 Å². The molecule has 1 aromatic rings. The Labute approximate surface area is 99.4 Å². The molecule has 1 rings (SSSR count). The third kappa shape index (κ3) is 3.42. The minimum Gasteiger partial charge on any atom is -0.394 e. The molecule has 2 N–H and O–H groups in total. The Hall–Kier alpha value is -0.683. The Balaban J connectivity index is 2.97. The van der Waals surface area contributed by atoms with E-state index in [1.165, 1.54) is 5.19 Å². The van der Waals surface area contributed by atoms with E-state index in [0.717, 1.165) is 5.56 Å². The van der Waals surface area contributed by atoms with Crippen molar-refractivity contribution in [3.63, 3.8) is 0 Å². The molecule has 90 valence electrons. The molecule has 0 bridgehead atoms. The van der Waals surface area contributed by atoms with Crippen LogP contribution in [0.3, 0.4) is 0 Å². The van der Waals surface area contributed by atoms with Gasteiger partial charge in [-0.25, -0.2) is 0 Å². The topological polar surface area (TPSA) is 44.5 Å². The number of hydrogen-bond donors (Lipinski definition) is 1. The molecule has 1 atom stereocenters. The molecule has 0 saturated carbocycles. The summed E-state index contributed by atoms with van der Waals surface area (Å²) in [6, 6.07) is 8.16. The van der Waals surface area contributed by atoms with E-state index in [1.807, 2.05) is 32.9 Å². The molecule has 0 aliphatic rings. The molecule has 16 heavy (non-hydrogen) atoms. The fourth-order valence-electron chi connectivity index (χ4n) is 1.67. The van der Waals surface area contributed by atoms with Crippen molar-refractivity contribution < 1.29 is 8.85 Å². The van der Waals surface area contributed by atoms with Crippen molar-refractivity contribution in [2.24, 2.45) is 5.73 Å². The first kappa shape index (κ1) is 13.4. The molecule has 1 unspecified atom stereocenters. The summed E-state index contributed by atoms with van der Waals surface area (Å²) in [6.07, 6.45) is 0. The van der Waals surface area contributed by atoms with E-state index in [9.17, 15) is 0 Å². The number of nitrogens with two attached hydrogens (primary N) is 1. The molecule has 0 radical (unpaired) electrons. The normalized spacial score (nSPS) is 13.1. The van der Waals surface area contributed by atoms with Crippen molar-refractivity contribution in [2.45, 2.75) is 26.8 Å². The van der Waals surface area contributed by atoms with Crippen LogP contribution >= 0.6 is 0 Å². The SMILES string of the molecule is CCO[SiH](OCC)c1ccccc1C(C)N. The standard InChI is InChI=1S/C12H21NO2Si/c1-4-14-16(15-5-2)12-9-7-6-8-11(12)10(3)13/h6-10,16H,4-5,13H2,1-3H3. The zero-order valence-corrected chi connectivity index (χ0v) is 11.4. The lowest BCUT2D eigenvalue weighted by Crippen LogP contribution is -2.40. The van der Waals surface area contributed by atoms with Gasteiger partial charge in [0.25, 0.3) is 0 Å².